The third-order valence-electron chi connectivity index (χ3n) is 2.44. The van der Waals surface area contributed by atoms with Crippen LogP contribution in [0.4, 0.5) is 4.39 Å². The van der Waals surface area contributed by atoms with Gasteiger partial charge in [0.05, 0.1) is 5.56 Å². The van der Waals surface area contributed by atoms with Gasteiger partial charge in [-0.2, -0.15) is 0 Å². The van der Waals surface area contributed by atoms with E-state index in [1.807, 2.05) is 24.3 Å². The Morgan fingerprint density at radius 3 is 2.56 bits per heavy atom. The fourth-order valence-corrected chi connectivity index (χ4v) is 2.62. The van der Waals surface area contributed by atoms with E-state index in [2.05, 4.69) is 0 Å². The minimum atomic E-state index is -0.480. The minimum absolute atomic E-state index is 0.122. The van der Waals surface area contributed by atoms with E-state index in [4.69, 9.17) is 11.6 Å². The summed E-state index contributed by atoms with van der Waals surface area (Å²) in [6.45, 7) is 0. The van der Waals surface area contributed by atoms with Crippen molar-refractivity contribution in [2.75, 3.05) is 0 Å². The number of carbonyl (C=O) groups is 1. The molecule has 0 aromatic heterocycles. The molecule has 0 atom stereocenters. The van der Waals surface area contributed by atoms with Crippen LogP contribution >= 0.6 is 23.4 Å². The van der Waals surface area contributed by atoms with E-state index in [0.717, 1.165) is 5.56 Å². The molecule has 0 radical (unpaired) electrons. The van der Waals surface area contributed by atoms with Crippen molar-refractivity contribution in [2.24, 2.45) is 0 Å². The average molecular weight is 281 g/mol. The first-order valence-corrected chi connectivity index (χ1v) is 6.68. The quantitative estimate of drug-likeness (QED) is 0.602. The number of hydrogen-bond acceptors (Lipinski definition) is 2. The first-order valence-electron chi connectivity index (χ1n) is 5.31. The third kappa shape index (κ3) is 3.12. The molecule has 0 aliphatic rings. The van der Waals surface area contributed by atoms with E-state index in [1.165, 1.54) is 17.8 Å². The lowest BCUT2D eigenvalue weighted by Gasteiger charge is -2.05. The molecule has 92 valence electrons. The summed E-state index contributed by atoms with van der Waals surface area (Å²) in [4.78, 5) is 11.5. The van der Waals surface area contributed by atoms with Crippen molar-refractivity contribution in [1.82, 2.24) is 0 Å². The lowest BCUT2D eigenvalue weighted by atomic mass is 10.2. The second-order valence-electron chi connectivity index (χ2n) is 3.68. The van der Waals surface area contributed by atoms with Gasteiger partial charge in [0.25, 0.3) is 0 Å². The minimum Gasteiger partial charge on any atom is -0.298 e. The molecule has 1 nitrogen and oxygen atoms in total. The van der Waals surface area contributed by atoms with Gasteiger partial charge in [0.1, 0.15) is 5.82 Å². The molecule has 0 spiro atoms. The predicted octanol–water partition coefficient (Wildman–Crippen LogP) is 4.58. The molecule has 2 aromatic rings. The monoisotopic (exact) mass is 280 g/mol. The SMILES string of the molecule is O=Cc1c(F)cccc1SCc1ccc(Cl)cc1. The van der Waals surface area contributed by atoms with Gasteiger partial charge in [-0.1, -0.05) is 29.8 Å². The average Bonchev–Trinajstić information content (AvgIpc) is 2.38. The Balaban J connectivity index is 2.13. The largest absolute Gasteiger partial charge is 0.298 e. The van der Waals surface area contributed by atoms with Crippen LogP contribution in [-0.2, 0) is 5.75 Å². The molecular weight excluding hydrogens is 271 g/mol. The van der Waals surface area contributed by atoms with Crippen LogP contribution in [0.3, 0.4) is 0 Å². The Labute approximate surface area is 114 Å². The molecule has 0 unspecified atom stereocenters. The molecule has 0 N–H and O–H groups in total. The molecule has 0 heterocycles. The van der Waals surface area contributed by atoms with Gasteiger partial charge >= 0.3 is 0 Å². The van der Waals surface area contributed by atoms with Crippen LogP contribution in [0.15, 0.2) is 47.4 Å². The molecule has 0 fully saturated rings. The summed E-state index contributed by atoms with van der Waals surface area (Å²) >= 11 is 7.22. The molecule has 0 bridgehead atoms. The van der Waals surface area contributed by atoms with Gasteiger partial charge in [-0.05, 0) is 29.8 Å². The number of aldehydes is 1. The zero-order valence-electron chi connectivity index (χ0n) is 9.40. The fourth-order valence-electron chi connectivity index (χ4n) is 1.50. The molecule has 2 rings (SSSR count). The number of hydrogen-bond donors (Lipinski definition) is 0. The standard InChI is InChI=1S/C14H10ClFOS/c15-11-6-4-10(5-7-11)9-18-14-3-1-2-13(16)12(14)8-17/h1-8H,9H2. The van der Waals surface area contributed by atoms with Crippen molar-refractivity contribution in [1.29, 1.82) is 0 Å². The Bertz CT molecular complexity index is 554. The van der Waals surface area contributed by atoms with Crippen LogP contribution in [-0.4, -0.2) is 6.29 Å². The Hall–Kier alpha value is -1.32. The highest BCUT2D eigenvalue weighted by atomic mass is 35.5. The van der Waals surface area contributed by atoms with E-state index in [0.29, 0.717) is 22.0 Å². The maximum atomic E-state index is 13.4. The summed E-state index contributed by atoms with van der Waals surface area (Å²) in [5.41, 5.74) is 1.20. The van der Waals surface area contributed by atoms with E-state index >= 15 is 0 Å². The lowest BCUT2D eigenvalue weighted by molar-refractivity contribution is 0.111. The summed E-state index contributed by atoms with van der Waals surface area (Å²) in [7, 11) is 0. The molecule has 0 aliphatic heterocycles. The van der Waals surface area contributed by atoms with Crippen molar-refractivity contribution in [3.8, 4) is 0 Å². The second-order valence-corrected chi connectivity index (χ2v) is 5.14. The molecule has 0 saturated carbocycles. The number of benzene rings is 2. The maximum absolute atomic E-state index is 13.4. The summed E-state index contributed by atoms with van der Waals surface area (Å²) in [6.07, 6.45) is 0.555. The number of thioether (sulfide) groups is 1. The van der Waals surface area contributed by atoms with Gasteiger partial charge in [0, 0.05) is 15.7 Å². The van der Waals surface area contributed by atoms with Crippen LogP contribution in [0.5, 0.6) is 0 Å². The van der Waals surface area contributed by atoms with Crippen molar-refractivity contribution in [3.05, 3.63) is 64.4 Å². The fraction of sp³-hybridized carbons (Fsp3) is 0.0714. The highest BCUT2D eigenvalue weighted by molar-refractivity contribution is 7.98. The lowest BCUT2D eigenvalue weighted by Crippen LogP contribution is -1.91. The smallest absolute Gasteiger partial charge is 0.154 e. The van der Waals surface area contributed by atoms with Crippen molar-refractivity contribution < 1.29 is 9.18 Å². The Kier molecular flexibility index (Phi) is 4.39. The maximum Gasteiger partial charge on any atom is 0.154 e. The predicted molar refractivity (Wildman–Crippen MR) is 72.8 cm³/mol. The van der Waals surface area contributed by atoms with E-state index in [-0.39, 0.29) is 5.56 Å². The number of rotatable bonds is 4. The van der Waals surface area contributed by atoms with Crippen molar-refractivity contribution in [3.63, 3.8) is 0 Å². The van der Waals surface area contributed by atoms with Gasteiger partial charge in [0.2, 0.25) is 0 Å². The Morgan fingerprint density at radius 1 is 1.17 bits per heavy atom. The van der Waals surface area contributed by atoms with Gasteiger partial charge in [-0.25, -0.2) is 4.39 Å². The number of halogens is 2. The summed E-state index contributed by atoms with van der Waals surface area (Å²) in [5, 5.41) is 0.683. The molecule has 0 saturated heterocycles. The zero-order valence-corrected chi connectivity index (χ0v) is 11.0. The molecule has 0 aliphatic carbocycles. The molecule has 4 heteroatoms. The topological polar surface area (TPSA) is 17.1 Å². The molecule has 0 amide bonds. The normalized spacial score (nSPS) is 10.3. The first kappa shape index (κ1) is 13.1. The van der Waals surface area contributed by atoms with E-state index < -0.39 is 5.82 Å². The molecular formula is C14H10ClFOS. The van der Waals surface area contributed by atoms with Crippen LogP contribution in [0.2, 0.25) is 5.02 Å². The first-order chi connectivity index (χ1) is 8.70. The summed E-state index contributed by atoms with van der Waals surface area (Å²) < 4.78 is 13.4. The van der Waals surface area contributed by atoms with Gasteiger partial charge < -0.3 is 0 Å². The summed E-state index contributed by atoms with van der Waals surface area (Å²) in [5.74, 6) is 0.188. The van der Waals surface area contributed by atoms with E-state index in [1.54, 1.807) is 12.1 Å². The molecule has 18 heavy (non-hydrogen) atoms. The third-order valence-corrected chi connectivity index (χ3v) is 3.84. The van der Waals surface area contributed by atoms with Gasteiger partial charge in [-0.15, -0.1) is 11.8 Å². The van der Waals surface area contributed by atoms with Crippen LogP contribution in [0, 0.1) is 5.82 Å². The van der Waals surface area contributed by atoms with Crippen LogP contribution in [0.1, 0.15) is 15.9 Å². The van der Waals surface area contributed by atoms with Gasteiger partial charge in [0.15, 0.2) is 6.29 Å². The Morgan fingerprint density at radius 2 is 1.89 bits per heavy atom. The summed E-state index contributed by atoms with van der Waals surface area (Å²) in [6, 6.07) is 12.1. The second kappa shape index (κ2) is 6.03. The molecule has 2 aromatic carbocycles. The van der Waals surface area contributed by atoms with E-state index in [9.17, 15) is 9.18 Å². The van der Waals surface area contributed by atoms with Crippen molar-refractivity contribution >= 4 is 29.6 Å². The zero-order chi connectivity index (χ0) is 13.0. The van der Waals surface area contributed by atoms with Crippen molar-refractivity contribution in [2.45, 2.75) is 10.6 Å². The highest BCUT2D eigenvalue weighted by Crippen LogP contribution is 2.27. The van der Waals surface area contributed by atoms with Gasteiger partial charge in [-0.3, -0.25) is 4.79 Å². The highest BCUT2D eigenvalue weighted by Gasteiger charge is 2.07. The number of carbonyl (C=O) groups excluding carboxylic acids is 1. The van der Waals surface area contributed by atoms with Crippen LogP contribution in [0.25, 0.3) is 0 Å². The van der Waals surface area contributed by atoms with Crippen LogP contribution < -0.4 is 0 Å².